The van der Waals surface area contributed by atoms with E-state index in [-0.39, 0.29) is 0 Å². The van der Waals surface area contributed by atoms with Gasteiger partial charge < -0.3 is 0 Å². The Kier molecular flexibility index (Phi) is 4.07. The van der Waals surface area contributed by atoms with Gasteiger partial charge in [-0.25, -0.2) is 0 Å². The predicted molar refractivity (Wildman–Crippen MR) is 96.2 cm³/mol. The largest absolute Gasteiger partial charge is 0.297 e. The lowest BCUT2D eigenvalue weighted by atomic mass is 9.49. The Bertz CT molecular complexity index is 567. The highest BCUT2D eigenvalue weighted by Gasteiger charge is 2.51. The number of benzene rings is 1. The van der Waals surface area contributed by atoms with Crippen LogP contribution in [0.2, 0.25) is 0 Å². The maximum absolute atomic E-state index is 2.68. The monoisotopic (exact) mass is 310 g/mol. The van der Waals surface area contributed by atoms with Crippen molar-refractivity contribution >= 4 is 0 Å². The van der Waals surface area contributed by atoms with Gasteiger partial charge in [0.1, 0.15) is 0 Å². The summed E-state index contributed by atoms with van der Waals surface area (Å²) >= 11 is 0. The molecule has 0 radical (unpaired) electrons. The molecule has 5 rings (SSSR count). The van der Waals surface area contributed by atoms with Crippen LogP contribution in [-0.4, -0.2) is 42.5 Å². The molecule has 1 aromatic rings. The fraction of sp³-hybridized carbons (Fsp3) is 0.619. The minimum absolute atomic E-state index is 0.569. The van der Waals surface area contributed by atoms with Crippen LogP contribution in [-0.2, 0) is 6.54 Å². The zero-order valence-electron chi connectivity index (χ0n) is 14.7. The van der Waals surface area contributed by atoms with Crippen LogP contribution in [0.4, 0.5) is 0 Å². The third kappa shape index (κ3) is 2.99. The van der Waals surface area contributed by atoms with Crippen LogP contribution in [0.3, 0.4) is 0 Å². The summed E-state index contributed by atoms with van der Waals surface area (Å²) in [4.78, 5) is 5.28. The molecule has 2 heteroatoms. The Balaban J connectivity index is 1.28. The molecule has 2 atom stereocenters. The molecule has 1 saturated carbocycles. The summed E-state index contributed by atoms with van der Waals surface area (Å²) in [6.45, 7) is 12.2. The Morgan fingerprint density at radius 3 is 2.22 bits per heavy atom. The fourth-order valence-corrected chi connectivity index (χ4v) is 4.86. The third-order valence-corrected chi connectivity index (χ3v) is 6.70. The molecule has 1 aromatic carbocycles. The molecule has 3 aliphatic carbocycles. The first-order valence-corrected chi connectivity index (χ1v) is 9.30. The maximum Gasteiger partial charge on any atom is 0.0234 e. The van der Waals surface area contributed by atoms with E-state index in [1.807, 2.05) is 0 Å². The zero-order valence-corrected chi connectivity index (χ0v) is 14.7. The number of hydrogen-bond acceptors (Lipinski definition) is 2. The second-order valence-electron chi connectivity index (χ2n) is 8.36. The van der Waals surface area contributed by atoms with Gasteiger partial charge in [0.15, 0.2) is 0 Å². The molecule has 2 bridgehead atoms. The molecule has 1 saturated heterocycles. The van der Waals surface area contributed by atoms with Crippen molar-refractivity contribution < 1.29 is 0 Å². The molecule has 2 nitrogen and oxygen atoms in total. The van der Waals surface area contributed by atoms with E-state index < -0.39 is 0 Å². The molecule has 1 heterocycles. The molecule has 0 unspecified atom stereocenters. The minimum atomic E-state index is 0.569. The average molecular weight is 310 g/mol. The number of allylic oxidation sites excluding steroid dienone is 1. The molecule has 0 aromatic heterocycles. The molecular formula is C21H30N2. The van der Waals surface area contributed by atoms with Crippen LogP contribution in [0.5, 0.6) is 0 Å². The summed E-state index contributed by atoms with van der Waals surface area (Å²) in [5.74, 6) is 1.82. The minimum Gasteiger partial charge on any atom is -0.297 e. The normalized spacial score (nSPS) is 30.6. The number of rotatable bonds is 4. The van der Waals surface area contributed by atoms with E-state index in [2.05, 4.69) is 60.1 Å². The van der Waals surface area contributed by atoms with Gasteiger partial charge in [-0.15, -0.1) is 0 Å². The maximum atomic E-state index is 2.68. The van der Waals surface area contributed by atoms with E-state index >= 15 is 0 Å². The van der Waals surface area contributed by atoms with Gasteiger partial charge in [-0.05, 0) is 35.7 Å². The Morgan fingerprint density at radius 2 is 1.61 bits per heavy atom. The van der Waals surface area contributed by atoms with Crippen molar-refractivity contribution in [2.24, 2.45) is 17.3 Å². The topological polar surface area (TPSA) is 6.48 Å². The molecule has 1 aliphatic heterocycles. The Hall–Kier alpha value is -1.12. The van der Waals surface area contributed by atoms with Crippen molar-refractivity contribution in [1.29, 1.82) is 0 Å². The van der Waals surface area contributed by atoms with Gasteiger partial charge in [0.25, 0.3) is 0 Å². The van der Waals surface area contributed by atoms with Gasteiger partial charge in [0.2, 0.25) is 0 Å². The lowest BCUT2D eigenvalue weighted by Crippen LogP contribution is -2.52. The summed E-state index contributed by atoms with van der Waals surface area (Å²) in [5, 5.41) is 0. The molecular weight excluding hydrogens is 280 g/mol. The zero-order chi connectivity index (χ0) is 15.9. The summed E-state index contributed by atoms with van der Waals surface area (Å²) < 4.78 is 0. The average Bonchev–Trinajstić information content (AvgIpc) is 2.57. The van der Waals surface area contributed by atoms with Crippen molar-refractivity contribution in [2.75, 3.05) is 32.7 Å². The first-order valence-electron chi connectivity index (χ1n) is 9.30. The SMILES string of the molecule is CC1(C)[C@H]2CC=C(CN3CCN(Cc4ccccc4)CC3)[C@@H]1C2. The van der Waals surface area contributed by atoms with E-state index in [1.165, 1.54) is 51.1 Å². The van der Waals surface area contributed by atoms with Gasteiger partial charge in [-0.1, -0.05) is 55.8 Å². The standard InChI is InChI=1S/C21H30N2/c1-21(2)19-9-8-18(20(21)14-19)16-23-12-10-22(11-13-23)15-17-6-4-3-5-7-17/h3-8,19-20H,9-16H2,1-2H3/t19-,20-/m0/s1. The van der Waals surface area contributed by atoms with E-state index in [0.717, 1.165) is 18.4 Å². The van der Waals surface area contributed by atoms with Crippen molar-refractivity contribution in [3.05, 3.63) is 47.5 Å². The van der Waals surface area contributed by atoms with Gasteiger partial charge >= 0.3 is 0 Å². The fourth-order valence-electron chi connectivity index (χ4n) is 4.86. The van der Waals surface area contributed by atoms with E-state index in [9.17, 15) is 0 Å². The molecule has 124 valence electrons. The highest BCUT2D eigenvalue weighted by Crippen LogP contribution is 2.59. The summed E-state index contributed by atoms with van der Waals surface area (Å²) in [6, 6.07) is 10.9. The van der Waals surface area contributed by atoms with Gasteiger partial charge in [-0.3, -0.25) is 9.80 Å². The Labute approximate surface area is 141 Å². The molecule has 4 aliphatic rings. The molecule has 0 N–H and O–H groups in total. The lowest BCUT2D eigenvalue weighted by Gasteiger charge is -2.57. The van der Waals surface area contributed by atoms with E-state index in [0.29, 0.717) is 5.41 Å². The number of nitrogens with zero attached hydrogens (tertiary/aromatic N) is 2. The van der Waals surface area contributed by atoms with Crippen molar-refractivity contribution in [1.82, 2.24) is 9.80 Å². The van der Waals surface area contributed by atoms with Gasteiger partial charge in [0, 0.05) is 39.3 Å². The quantitative estimate of drug-likeness (QED) is 0.781. The van der Waals surface area contributed by atoms with Crippen LogP contribution >= 0.6 is 0 Å². The molecule has 23 heavy (non-hydrogen) atoms. The number of hydrogen-bond donors (Lipinski definition) is 0. The molecule has 0 spiro atoms. The number of piperazine rings is 1. The number of fused-ring (bicyclic) bond motifs is 1. The van der Waals surface area contributed by atoms with Crippen LogP contribution in [0, 0.1) is 17.3 Å². The van der Waals surface area contributed by atoms with Crippen molar-refractivity contribution in [3.8, 4) is 0 Å². The Morgan fingerprint density at radius 1 is 0.957 bits per heavy atom. The van der Waals surface area contributed by atoms with Gasteiger partial charge in [-0.2, -0.15) is 0 Å². The summed E-state index contributed by atoms with van der Waals surface area (Å²) in [6.07, 6.45) is 5.35. The van der Waals surface area contributed by atoms with Crippen LogP contribution in [0.1, 0.15) is 32.3 Å². The molecule has 0 amide bonds. The first-order chi connectivity index (χ1) is 11.1. The predicted octanol–water partition coefficient (Wildman–Crippen LogP) is 3.80. The van der Waals surface area contributed by atoms with E-state index in [1.54, 1.807) is 5.57 Å². The van der Waals surface area contributed by atoms with Crippen LogP contribution in [0.25, 0.3) is 0 Å². The second-order valence-corrected chi connectivity index (χ2v) is 8.36. The van der Waals surface area contributed by atoms with Crippen molar-refractivity contribution in [3.63, 3.8) is 0 Å². The summed E-state index contributed by atoms with van der Waals surface area (Å²) in [5.41, 5.74) is 3.76. The second kappa shape index (κ2) is 6.07. The van der Waals surface area contributed by atoms with Crippen LogP contribution < -0.4 is 0 Å². The first kappa shape index (κ1) is 15.4. The summed E-state index contributed by atoms with van der Waals surface area (Å²) in [7, 11) is 0. The third-order valence-electron chi connectivity index (χ3n) is 6.70. The lowest BCUT2D eigenvalue weighted by molar-refractivity contribution is -0.0121. The highest BCUT2D eigenvalue weighted by molar-refractivity contribution is 5.24. The highest BCUT2D eigenvalue weighted by atomic mass is 15.3. The molecule has 2 fully saturated rings. The van der Waals surface area contributed by atoms with E-state index in [4.69, 9.17) is 0 Å². The van der Waals surface area contributed by atoms with Crippen LogP contribution in [0.15, 0.2) is 42.0 Å². The van der Waals surface area contributed by atoms with Gasteiger partial charge in [0.05, 0.1) is 0 Å². The smallest absolute Gasteiger partial charge is 0.0234 e. The van der Waals surface area contributed by atoms with Crippen molar-refractivity contribution in [2.45, 2.75) is 33.2 Å².